The van der Waals surface area contributed by atoms with E-state index >= 15 is 0 Å². The first-order chi connectivity index (χ1) is 9.48. The summed E-state index contributed by atoms with van der Waals surface area (Å²) in [6.07, 6.45) is -4.37. The van der Waals surface area contributed by atoms with Crippen LogP contribution >= 0.6 is 0 Å². The second-order valence-electron chi connectivity index (χ2n) is 4.02. The molecule has 0 saturated carbocycles. The van der Waals surface area contributed by atoms with E-state index in [2.05, 4.69) is 14.9 Å². The van der Waals surface area contributed by atoms with Gasteiger partial charge in [0.05, 0.1) is 0 Å². The SMILES string of the molecule is NCc1ccc(-c2nc(COCC(F)(F)F)no2)cc1. The lowest BCUT2D eigenvalue weighted by Crippen LogP contribution is -2.16. The number of nitrogens with two attached hydrogens (primary N) is 1. The third kappa shape index (κ3) is 4.04. The molecule has 108 valence electrons. The van der Waals surface area contributed by atoms with Crippen LogP contribution in [0.2, 0.25) is 0 Å². The molecule has 2 N–H and O–H groups in total. The maximum Gasteiger partial charge on any atom is 0.411 e. The summed E-state index contributed by atoms with van der Waals surface area (Å²) in [7, 11) is 0. The topological polar surface area (TPSA) is 74.2 Å². The van der Waals surface area contributed by atoms with Crippen molar-refractivity contribution < 1.29 is 22.4 Å². The molecular weight excluding hydrogens is 275 g/mol. The fourth-order valence-electron chi connectivity index (χ4n) is 1.47. The van der Waals surface area contributed by atoms with Crippen LogP contribution in [-0.4, -0.2) is 22.9 Å². The highest BCUT2D eigenvalue weighted by atomic mass is 19.4. The number of benzene rings is 1. The first-order valence-electron chi connectivity index (χ1n) is 5.74. The molecule has 0 atom stereocenters. The van der Waals surface area contributed by atoms with Crippen molar-refractivity contribution in [2.45, 2.75) is 19.3 Å². The number of alkyl halides is 3. The van der Waals surface area contributed by atoms with E-state index in [4.69, 9.17) is 10.3 Å². The molecule has 0 bridgehead atoms. The molecule has 0 unspecified atom stereocenters. The van der Waals surface area contributed by atoms with Crippen LogP contribution in [0.25, 0.3) is 11.5 Å². The van der Waals surface area contributed by atoms with Crippen LogP contribution in [0.4, 0.5) is 13.2 Å². The number of ether oxygens (including phenoxy) is 1. The predicted molar refractivity (Wildman–Crippen MR) is 63.3 cm³/mol. The minimum Gasteiger partial charge on any atom is -0.364 e. The summed E-state index contributed by atoms with van der Waals surface area (Å²) in [5.74, 6) is 0.284. The zero-order valence-electron chi connectivity index (χ0n) is 10.4. The van der Waals surface area contributed by atoms with Gasteiger partial charge in [-0.15, -0.1) is 0 Å². The molecule has 20 heavy (non-hydrogen) atoms. The van der Waals surface area contributed by atoms with Crippen LogP contribution in [0.15, 0.2) is 28.8 Å². The van der Waals surface area contributed by atoms with Gasteiger partial charge in [0.25, 0.3) is 5.89 Å². The molecule has 0 aliphatic rings. The van der Waals surface area contributed by atoms with Crippen LogP contribution < -0.4 is 5.73 Å². The number of hydrogen-bond acceptors (Lipinski definition) is 5. The second kappa shape index (κ2) is 6.02. The van der Waals surface area contributed by atoms with E-state index in [1.54, 1.807) is 24.3 Å². The monoisotopic (exact) mass is 287 g/mol. The summed E-state index contributed by atoms with van der Waals surface area (Å²) in [5.41, 5.74) is 7.08. The van der Waals surface area contributed by atoms with Crippen molar-refractivity contribution in [3.8, 4) is 11.5 Å². The van der Waals surface area contributed by atoms with Crippen LogP contribution in [0, 0.1) is 0 Å². The van der Waals surface area contributed by atoms with E-state index in [0.717, 1.165) is 5.56 Å². The fraction of sp³-hybridized carbons (Fsp3) is 0.333. The number of hydrogen-bond donors (Lipinski definition) is 1. The molecule has 0 fully saturated rings. The Kier molecular flexibility index (Phi) is 4.35. The molecule has 0 radical (unpaired) electrons. The van der Waals surface area contributed by atoms with Crippen molar-refractivity contribution in [3.05, 3.63) is 35.7 Å². The van der Waals surface area contributed by atoms with Crippen molar-refractivity contribution in [1.29, 1.82) is 0 Å². The normalized spacial score (nSPS) is 11.8. The number of aromatic nitrogens is 2. The van der Waals surface area contributed by atoms with Gasteiger partial charge in [-0.05, 0) is 17.7 Å². The van der Waals surface area contributed by atoms with Gasteiger partial charge >= 0.3 is 6.18 Å². The van der Waals surface area contributed by atoms with E-state index in [9.17, 15) is 13.2 Å². The standard InChI is InChI=1S/C12H12F3N3O2/c13-12(14,15)7-19-6-10-17-11(20-18-10)9-3-1-8(5-16)2-4-9/h1-4H,5-7,16H2. The van der Waals surface area contributed by atoms with E-state index in [1.807, 2.05) is 0 Å². The predicted octanol–water partition coefficient (Wildman–Crippen LogP) is 2.27. The zero-order chi connectivity index (χ0) is 14.6. The summed E-state index contributed by atoms with van der Waals surface area (Å²) in [6.45, 7) is -1.29. The molecule has 2 rings (SSSR count). The van der Waals surface area contributed by atoms with E-state index in [1.165, 1.54) is 0 Å². The molecule has 0 aliphatic heterocycles. The first kappa shape index (κ1) is 14.5. The average Bonchev–Trinajstić information content (AvgIpc) is 2.86. The summed E-state index contributed by atoms with van der Waals surface area (Å²) in [4.78, 5) is 3.95. The van der Waals surface area contributed by atoms with Gasteiger partial charge < -0.3 is 15.0 Å². The summed E-state index contributed by atoms with van der Waals surface area (Å²) in [5, 5.41) is 3.55. The van der Waals surface area contributed by atoms with Gasteiger partial charge in [0.15, 0.2) is 5.82 Å². The molecule has 8 heteroatoms. The number of nitrogens with zero attached hydrogens (tertiary/aromatic N) is 2. The van der Waals surface area contributed by atoms with Crippen molar-refractivity contribution in [2.24, 2.45) is 5.73 Å². The number of halogens is 3. The van der Waals surface area contributed by atoms with E-state index in [-0.39, 0.29) is 18.3 Å². The minimum absolute atomic E-state index is 0.0622. The van der Waals surface area contributed by atoms with Gasteiger partial charge in [-0.1, -0.05) is 17.3 Å². The highest BCUT2D eigenvalue weighted by molar-refractivity contribution is 5.53. The highest BCUT2D eigenvalue weighted by Gasteiger charge is 2.27. The lowest BCUT2D eigenvalue weighted by Gasteiger charge is -2.04. The smallest absolute Gasteiger partial charge is 0.364 e. The van der Waals surface area contributed by atoms with Crippen molar-refractivity contribution in [3.63, 3.8) is 0 Å². The fourth-order valence-corrected chi connectivity index (χ4v) is 1.47. The quantitative estimate of drug-likeness (QED) is 0.913. The molecule has 0 spiro atoms. The molecular formula is C12H12F3N3O2. The molecule has 0 saturated heterocycles. The third-order valence-electron chi connectivity index (χ3n) is 2.40. The lowest BCUT2D eigenvalue weighted by molar-refractivity contribution is -0.177. The van der Waals surface area contributed by atoms with Crippen molar-refractivity contribution >= 4 is 0 Å². The number of rotatable bonds is 5. The maximum absolute atomic E-state index is 11.9. The van der Waals surface area contributed by atoms with Crippen molar-refractivity contribution in [1.82, 2.24) is 10.1 Å². The summed E-state index contributed by atoms with van der Waals surface area (Å²) >= 11 is 0. The molecule has 1 heterocycles. The molecule has 0 aliphatic carbocycles. The van der Waals surface area contributed by atoms with Crippen molar-refractivity contribution in [2.75, 3.05) is 6.61 Å². The van der Waals surface area contributed by atoms with Crippen LogP contribution in [0.1, 0.15) is 11.4 Å². The van der Waals surface area contributed by atoms with Crippen LogP contribution in [-0.2, 0) is 17.9 Å². The van der Waals surface area contributed by atoms with Crippen LogP contribution in [0.5, 0.6) is 0 Å². The van der Waals surface area contributed by atoms with Gasteiger partial charge in [-0.3, -0.25) is 0 Å². The Morgan fingerprint density at radius 1 is 1.20 bits per heavy atom. The van der Waals surface area contributed by atoms with Crippen LogP contribution in [0.3, 0.4) is 0 Å². The van der Waals surface area contributed by atoms with E-state index in [0.29, 0.717) is 12.1 Å². The third-order valence-corrected chi connectivity index (χ3v) is 2.40. The molecule has 2 aromatic rings. The summed E-state index contributed by atoms with van der Waals surface area (Å²) in [6, 6.07) is 7.10. The molecule has 5 nitrogen and oxygen atoms in total. The second-order valence-corrected chi connectivity index (χ2v) is 4.02. The van der Waals surface area contributed by atoms with E-state index < -0.39 is 12.8 Å². The maximum atomic E-state index is 11.9. The Labute approximate surface area is 112 Å². The Morgan fingerprint density at radius 3 is 2.50 bits per heavy atom. The van der Waals surface area contributed by atoms with Gasteiger partial charge in [-0.25, -0.2) is 0 Å². The zero-order valence-corrected chi connectivity index (χ0v) is 10.4. The Morgan fingerprint density at radius 2 is 1.90 bits per heavy atom. The molecule has 0 amide bonds. The Hall–Kier alpha value is -1.93. The molecule has 1 aromatic heterocycles. The van der Waals surface area contributed by atoms with Gasteiger partial charge in [0, 0.05) is 12.1 Å². The Bertz CT molecular complexity index is 552. The Balaban J connectivity index is 1.97. The first-order valence-corrected chi connectivity index (χ1v) is 5.74. The lowest BCUT2D eigenvalue weighted by atomic mass is 10.1. The minimum atomic E-state index is -4.37. The largest absolute Gasteiger partial charge is 0.411 e. The molecule has 1 aromatic carbocycles. The van der Waals surface area contributed by atoms with Gasteiger partial charge in [0.1, 0.15) is 13.2 Å². The van der Waals surface area contributed by atoms with Gasteiger partial charge in [-0.2, -0.15) is 18.2 Å². The summed E-state index contributed by atoms with van der Waals surface area (Å²) < 4.78 is 45.1. The average molecular weight is 287 g/mol. The highest BCUT2D eigenvalue weighted by Crippen LogP contribution is 2.19. The van der Waals surface area contributed by atoms with Gasteiger partial charge in [0.2, 0.25) is 0 Å².